The maximum Gasteiger partial charge on any atom is 0.0910 e. The number of unbranched alkanes of at least 4 members (excludes halogenated alkanes) is 2. The van der Waals surface area contributed by atoms with Gasteiger partial charge in [0.05, 0.1) is 18.3 Å². The van der Waals surface area contributed by atoms with Crippen molar-refractivity contribution in [2.45, 2.75) is 57.2 Å². The van der Waals surface area contributed by atoms with Crippen LogP contribution in [-0.4, -0.2) is 35.1 Å². The lowest BCUT2D eigenvalue weighted by Crippen LogP contribution is -2.41. The topological polar surface area (TPSA) is 49.7 Å². The van der Waals surface area contributed by atoms with Crippen molar-refractivity contribution in [1.29, 1.82) is 0 Å². The van der Waals surface area contributed by atoms with Crippen molar-refractivity contribution < 1.29 is 14.9 Å². The molecule has 3 nitrogen and oxygen atoms in total. The van der Waals surface area contributed by atoms with Crippen molar-refractivity contribution in [3.63, 3.8) is 0 Å². The van der Waals surface area contributed by atoms with Crippen molar-refractivity contribution in [2.75, 3.05) is 13.2 Å². The molecule has 0 aliphatic rings. The Kier molecular flexibility index (Phi) is 9.41. The van der Waals surface area contributed by atoms with Crippen LogP contribution in [0.3, 0.4) is 0 Å². The molecule has 3 heteroatoms. The molecule has 101 valence electrons. The first-order valence-corrected chi connectivity index (χ1v) is 6.49. The van der Waals surface area contributed by atoms with Crippen LogP contribution in [-0.2, 0) is 4.74 Å². The third kappa shape index (κ3) is 7.53. The SMILES string of the molecule is [CH2]C(O)(CCCO)C(CCCCC)OCC=C. The highest BCUT2D eigenvalue weighted by Crippen LogP contribution is 2.24. The molecule has 1 radical (unpaired) electrons. The second-order valence-corrected chi connectivity index (χ2v) is 4.54. The van der Waals surface area contributed by atoms with Gasteiger partial charge < -0.3 is 14.9 Å². The monoisotopic (exact) mass is 243 g/mol. The van der Waals surface area contributed by atoms with Gasteiger partial charge in [-0.15, -0.1) is 6.58 Å². The normalized spacial score (nSPS) is 16.5. The first-order valence-electron chi connectivity index (χ1n) is 6.49. The zero-order valence-electron chi connectivity index (χ0n) is 11.0. The van der Waals surface area contributed by atoms with Gasteiger partial charge in [-0.3, -0.25) is 0 Å². The number of hydrogen-bond acceptors (Lipinski definition) is 3. The van der Waals surface area contributed by atoms with Gasteiger partial charge in [0.25, 0.3) is 0 Å². The molecule has 2 N–H and O–H groups in total. The van der Waals surface area contributed by atoms with Crippen LogP contribution < -0.4 is 0 Å². The van der Waals surface area contributed by atoms with Crippen LogP contribution in [0, 0.1) is 6.92 Å². The lowest BCUT2D eigenvalue weighted by molar-refractivity contribution is -0.0856. The molecule has 0 aromatic heterocycles. The van der Waals surface area contributed by atoms with Gasteiger partial charge in [-0.2, -0.15) is 0 Å². The van der Waals surface area contributed by atoms with E-state index >= 15 is 0 Å². The minimum absolute atomic E-state index is 0.0704. The molecule has 0 aromatic rings. The number of rotatable bonds is 11. The summed E-state index contributed by atoms with van der Waals surface area (Å²) >= 11 is 0. The smallest absolute Gasteiger partial charge is 0.0910 e. The highest BCUT2D eigenvalue weighted by atomic mass is 16.5. The second-order valence-electron chi connectivity index (χ2n) is 4.54. The highest BCUT2D eigenvalue weighted by molar-refractivity contribution is 4.90. The summed E-state index contributed by atoms with van der Waals surface area (Å²) in [4.78, 5) is 0. The number of hydrogen-bond donors (Lipinski definition) is 2. The standard InChI is InChI=1S/C14H27O3/c1-4-6-7-9-13(17-12-5-2)14(3,16)10-8-11-15/h5,13,15-16H,2-4,6-12H2,1H3. The fourth-order valence-corrected chi connectivity index (χ4v) is 1.82. The molecule has 0 saturated heterocycles. The maximum atomic E-state index is 10.2. The molecule has 0 aliphatic heterocycles. The van der Waals surface area contributed by atoms with E-state index in [1.807, 2.05) is 0 Å². The fourth-order valence-electron chi connectivity index (χ4n) is 1.82. The zero-order valence-corrected chi connectivity index (χ0v) is 11.0. The Morgan fingerprint density at radius 2 is 2.06 bits per heavy atom. The molecule has 2 unspecified atom stereocenters. The maximum absolute atomic E-state index is 10.2. The predicted octanol–water partition coefficient (Wildman–Crippen LogP) is 2.48. The molecule has 0 heterocycles. The molecule has 17 heavy (non-hydrogen) atoms. The predicted molar refractivity (Wildman–Crippen MR) is 70.7 cm³/mol. The van der Waals surface area contributed by atoms with Crippen molar-refractivity contribution in [3.8, 4) is 0 Å². The molecule has 0 spiro atoms. The third-order valence-electron chi connectivity index (χ3n) is 2.85. The Morgan fingerprint density at radius 1 is 1.35 bits per heavy atom. The van der Waals surface area contributed by atoms with Crippen molar-refractivity contribution in [3.05, 3.63) is 19.6 Å². The summed E-state index contributed by atoms with van der Waals surface area (Å²) in [5.41, 5.74) is -1.11. The van der Waals surface area contributed by atoms with Crippen LogP contribution in [0.2, 0.25) is 0 Å². The van der Waals surface area contributed by atoms with E-state index in [4.69, 9.17) is 9.84 Å². The van der Waals surface area contributed by atoms with E-state index in [1.54, 1.807) is 6.08 Å². The van der Waals surface area contributed by atoms with Crippen LogP contribution in [0.25, 0.3) is 0 Å². The highest BCUT2D eigenvalue weighted by Gasteiger charge is 2.31. The van der Waals surface area contributed by atoms with Gasteiger partial charge >= 0.3 is 0 Å². The first-order chi connectivity index (χ1) is 8.08. The average molecular weight is 243 g/mol. The Balaban J connectivity index is 4.24. The van der Waals surface area contributed by atoms with Crippen molar-refractivity contribution in [2.24, 2.45) is 0 Å². The molecule has 0 saturated carbocycles. The van der Waals surface area contributed by atoms with Crippen LogP contribution in [0.15, 0.2) is 12.7 Å². The van der Waals surface area contributed by atoms with Crippen LogP contribution in [0.5, 0.6) is 0 Å². The van der Waals surface area contributed by atoms with Crippen molar-refractivity contribution in [1.82, 2.24) is 0 Å². The quantitative estimate of drug-likeness (QED) is 0.433. The Morgan fingerprint density at radius 3 is 2.59 bits per heavy atom. The summed E-state index contributed by atoms with van der Waals surface area (Å²) in [6, 6.07) is 0. The minimum atomic E-state index is -1.11. The van der Waals surface area contributed by atoms with Gasteiger partial charge in [0.15, 0.2) is 0 Å². The molecule has 0 aromatic carbocycles. The van der Waals surface area contributed by atoms with E-state index in [0.29, 0.717) is 19.4 Å². The third-order valence-corrected chi connectivity index (χ3v) is 2.85. The molecule has 0 amide bonds. The van der Waals surface area contributed by atoms with Gasteiger partial charge in [-0.1, -0.05) is 32.3 Å². The number of aliphatic hydroxyl groups excluding tert-OH is 1. The number of aliphatic hydroxyl groups is 2. The molecular formula is C14H27O3. The van der Waals surface area contributed by atoms with Gasteiger partial charge in [0, 0.05) is 6.61 Å². The van der Waals surface area contributed by atoms with Crippen LogP contribution in [0.4, 0.5) is 0 Å². The lowest BCUT2D eigenvalue weighted by Gasteiger charge is -2.32. The van der Waals surface area contributed by atoms with E-state index in [2.05, 4.69) is 20.4 Å². The summed E-state index contributed by atoms with van der Waals surface area (Å²) in [5, 5.41) is 19.1. The second kappa shape index (κ2) is 9.63. The summed E-state index contributed by atoms with van der Waals surface area (Å²) < 4.78 is 5.59. The molecule has 2 atom stereocenters. The molecule has 0 aliphatic carbocycles. The fraction of sp³-hybridized carbons (Fsp3) is 0.786. The average Bonchev–Trinajstić information content (AvgIpc) is 2.31. The van der Waals surface area contributed by atoms with Crippen LogP contribution in [0.1, 0.15) is 45.4 Å². The summed E-state index contributed by atoms with van der Waals surface area (Å²) in [6.07, 6.45) is 6.49. The summed E-state index contributed by atoms with van der Waals surface area (Å²) in [5.74, 6) is 0. The molecule has 0 rings (SSSR count). The van der Waals surface area contributed by atoms with E-state index < -0.39 is 5.60 Å². The van der Waals surface area contributed by atoms with E-state index in [0.717, 1.165) is 25.7 Å². The number of ether oxygens (including phenoxy) is 1. The van der Waals surface area contributed by atoms with Gasteiger partial charge in [0.2, 0.25) is 0 Å². The van der Waals surface area contributed by atoms with E-state index in [-0.39, 0.29) is 12.7 Å². The zero-order chi connectivity index (χ0) is 13.1. The molecular weight excluding hydrogens is 216 g/mol. The van der Waals surface area contributed by atoms with Gasteiger partial charge in [-0.25, -0.2) is 0 Å². The Labute approximate surface area is 105 Å². The minimum Gasteiger partial charge on any atom is -0.396 e. The van der Waals surface area contributed by atoms with E-state index in [9.17, 15) is 5.11 Å². The summed E-state index contributed by atoms with van der Waals surface area (Å²) in [6.45, 7) is 10.1. The molecule has 0 fully saturated rings. The largest absolute Gasteiger partial charge is 0.396 e. The van der Waals surface area contributed by atoms with Crippen molar-refractivity contribution >= 4 is 0 Å². The molecule has 0 bridgehead atoms. The first kappa shape index (κ1) is 16.6. The van der Waals surface area contributed by atoms with Gasteiger partial charge in [0.1, 0.15) is 0 Å². The Hall–Kier alpha value is -0.380. The van der Waals surface area contributed by atoms with E-state index in [1.165, 1.54) is 0 Å². The van der Waals surface area contributed by atoms with Gasteiger partial charge in [-0.05, 0) is 26.2 Å². The van der Waals surface area contributed by atoms with Crippen LogP contribution >= 0.6 is 0 Å². The Bertz CT molecular complexity index is 190. The summed E-state index contributed by atoms with van der Waals surface area (Å²) in [7, 11) is 0. The lowest BCUT2D eigenvalue weighted by atomic mass is 9.90.